The van der Waals surface area contributed by atoms with Crippen LogP contribution in [0.15, 0.2) is 0 Å². The monoisotopic (exact) mass is 312 g/mol. The lowest BCUT2D eigenvalue weighted by atomic mass is 10.7. The molecule has 1 aromatic rings. The Bertz CT molecular complexity index is 229. The third-order valence-electron chi connectivity index (χ3n) is 0.644. The van der Waals surface area contributed by atoms with Crippen LogP contribution in [-0.2, 0) is 3.79 Å². The maximum Gasteiger partial charge on any atom is 0.253 e. The van der Waals surface area contributed by atoms with Gasteiger partial charge in [-0.15, -0.1) is 13.2 Å². The van der Waals surface area contributed by atoms with Crippen LogP contribution in [0.2, 0.25) is 0 Å². The molecule has 1 heterocycles. The predicted molar refractivity (Wildman–Crippen MR) is 46.5 cm³/mol. The van der Waals surface area contributed by atoms with Gasteiger partial charge in [-0.25, -0.2) is 0 Å². The molecule has 8 heteroatoms. The van der Waals surface area contributed by atoms with E-state index >= 15 is 0 Å². The number of hydrogen-bond donors (Lipinski definition) is 0. The summed E-state index contributed by atoms with van der Waals surface area (Å²) in [6, 6.07) is 0. The largest absolute Gasteiger partial charge is 0.253 e. The van der Waals surface area contributed by atoms with Crippen molar-refractivity contribution in [2.75, 3.05) is 0 Å². The maximum atomic E-state index is 5.42. The first-order valence-corrected chi connectivity index (χ1v) is 4.13. The zero-order valence-corrected chi connectivity index (χ0v) is 8.73. The Morgan fingerprint density at radius 1 is 1.40 bits per heavy atom. The number of hydrogen-bond acceptors (Lipinski definition) is 3. The first-order chi connectivity index (χ1) is 4.50. The van der Waals surface area contributed by atoms with Gasteiger partial charge in [0.2, 0.25) is 5.82 Å². The average Bonchev–Trinajstić information content (AvgIpc) is 2.11. The molecule has 0 saturated heterocycles. The molecule has 0 aliphatic carbocycles. The molecule has 0 amide bonds. The first kappa shape index (κ1) is 8.76. The Morgan fingerprint density at radius 2 is 2.00 bits per heavy atom. The summed E-state index contributed by atoms with van der Waals surface area (Å²) >= 11 is 18.1. The molecule has 0 bridgehead atoms. The van der Waals surface area contributed by atoms with Gasteiger partial charge in [0.25, 0.3) is 3.79 Å². The molecule has 1 rings (SSSR count). The van der Waals surface area contributed by atoms with Crippen molar-refractivity contribution in [2.45, 2.75) is 3.79 Å². The second-order valence-electron chi connectivity index (χ2n) is 1.35. The molecule has 0 radical (unpaired) electrons. The molecule has 1 aromatic heterocycles. The number of rotatable bonds is 0. The topological polar surface area (TPSA) is 43.6 Å². The SMILES string of the molecule is ClC(Cl)(Cl)c1nnn(I)n1. The van der Waals surface area contributed by atoms with Crippen LogP contribution < -0.4 is 0 Å². The molecule has 0 unspecified atom stereocenters. The van der Waals surface area contributed by atoms with E-state index in [0.29, 0.717) is 0 Å². The molecule has 0 saturated carbocycles. The highest BCUT2D eigenvalue weighted by Crippen LogP contribution is 2.35. The third-order valence-corrected chi connectivity index (χ3v) is 1.56. The first-order valence-electron chi connectivity index (χ1n) is 2.03. The molecule has 0 aliphatic rings. The van der Waals surface area contributed by atoms with E-state index in [1.165, 1.54) is 3.01 Å². The minimum absolute atomic E-state index is 0.0758. The highest BCUT2D eigenvalue weighted by Gasteiger charge is 2.28. The molecule has 0 aromatic carbocycles. The lowest BCUT2D eigenvalue weighted by Gasteiger charge is -2.01. The second-order valence-corrected chi connectivity index (χ2v) is 4.50. The average molecular weight is 313 g/mol. The third kappa shape index (κ3) is 2.08. The summed E-state index contributed by atoms with van der Waals surface area (Å²) in [6.45, 7) is 0. The van der Waals surface area contributed by atoms with E-state index in [2.05, 4.69) is 15.4 Å². The molecule has 0 fully saturated rings. The fraction of sp³-hybridized carbons (Fsp3) is 0.500. The minimum atomic E-state index is -1.58. The van der Waals surface area contributed by atoms with Gasteiger partial charge in [-0.3, -0.25) is 0 Å². The van der Waals surface area contributed by atoms with Crippen LogP contribution in [0.5, 0.6) is 0 Å². The number of nitrogens with zero attached hydrogens (tertiary/aromatic N) is 4. The van der Waals surface area contributed by atoms with E-state index in [9.17, 15) is 0 Å². The second kappa shape index (κ2) is 2.96. The van der Waals surface area contributed by atoms with Gasteiger partial charge < -0.3 is 0 Å². The van der Waals surface area contributed by atoms with Crippen molar-refractivity contribution < 1.29 is 0 Å². The van der Waals surface area contributed by atoms with Crippen LogP contribution in [0.25, 0.3) is 0 Å². The Kier molecular flexibility index (Phi) is 2.59. The van der Waals surface area contributed by atoms with Gasteiger partial charge in [-0.05, 0) is 5.21 Å². The lowest BCUT2D eigenvalue weighted by Crippen LogP contribution is -2.02. The highest BCUT2D eigenvalue weighted by molar-refractivity contribution is 14.1. The zero-order chi connectivity index (χ0) is 7.78. The van der Waals surface area contributed by atoms with E-state index in [0.717, 1.165) is 0 Å². The van der Waals surface area contributed by atoms with E-state index in [1.54, 1.807) is 22.9 Å². The number of alkyl halides is 3. The van der Waals surface area contributed by atoms with Crippen molar-refractivity contribution in [3.63, 3.8) is 0 Å². The summed E-state index contributed by atoms with van der Waals surface area (Å²) in [4.78, 5) is 0. The van der Waals surface area contributed by atoms with Crippen molar-refractivity contribution >= 4 is 57.7 Å². The standard InChI is InChI=1S/C2Cl3IN4/c3-2(4,5)1-7-9-10(6)8-1. The fourth-order valence-corrected chi connectivity index (χ4v) is 0.838. The molecule has 0 N–H and O–H groups in total. The normalized spacial score (nSPS) is 12.0. The van der Waals surface area contributed by atoms with Crippen molar-refractivity contribution in [1.29, 1.82) is 0 Å². The molecule has 0 aliphatic heterocycles. The molecular weight excluding hydrogens is 313 g/mol. The van der Waals surface area contributed by atoms with Crippen LogP contribution in [0.1, 0.15) is 5.82 Å². The van der Waals surface area contributed by atoms with Gasteiger partial charge in [0.15, 0.2) is 0 Å². The van der Waals surface area contributed by atoms with Crippen molar-refractivity contribution in [1.82, 2.24) is 18.4 Å². The van der Waals surface area contributed by atoms with E-state index in [1.807, 2.05) is 0 Å². The van der Waals surface area contributed by atoms with Gasteiger partial charge in [0.1, 0.15) is 22.9 Å². The quantitative estimate of drug-likeness (QED) is 0.541. The Balaban J connectivity index is 2.96. The highest BCUT2D eigenvalue weighted by atomic mass is 127. The minimum Gasteiger partial charge on any atom is -0.122 e. The van der Waals surface area contributed by atoms with Gasteiger partial charge in [-0.1, -0.05) is 34.8 Å². The molecular formula is C2Cl3IN4. The number of aromatic nitrogens is 4. The summed E-state index contributed by atoms with van der Waals surface area (Å²) < 4.78 is -0.390. The summed E-state index contributed by atoms with van der Waals surface area (Å²) in [5, 5.41) is 10.6. The van der Waals surface area contributed by atoms with Crippen molar-refractivity contribution in [3.8, 4) is 0 Å². The number of halogens is 4. The zero-order valence-electron chi connectivity index (χ0n) is 4.30. The smallest absolute Gasteiger partial charge is 0.122 e. The van der Waals surface area contributed by atoms with Crippen LogP contribution in [0, 0.1) is 0 Å². The Hall–Kier alpha value is 0.670. The van der Waals surface area contributed by atoms with Gasteiger partial charge >= 0.3 is 0 Å². The molecule has 4 nitrogen and oxygen atoms in total. The van der Waals surface area contributed by atoms with Crippen LogP contribution >= 0.6 is 57.7 Å². The molecule has 0 atom stereocenters. The van der Waals surface area contributed by atoms with E-state index < -0.39 is 3.79 Å². The van der Waals surface area contributed by atoms with E-state index in [-0.39, 0.29) is 5.82 Å². The molecule has 10 heavy (non-hydrogen) atoms. The number of tetrazole rings is 1. The van der Waals surface area contributed by atoms with Crippen LogP contribution in [0.3, 0.4) is 0 Å². The van der Waals surface area contributed by atoms with E-state index in [4.69, 9.17) is 34.8 Å². The van der Waals surface area contributed by atoms with Gasteiger partial charge in [0.05, 0.1) is 0 Å². The van der Waals surface area contributed by atoms with Crippen molar-refractivity contribution in [2.24, 2.45) is 0 Å². The molecule has 0 spiro atoms. The van der Waals surface area contributed by atoms with Crippen LogP contribution in [-0.4, -0.2) is 18.4 Å². The summed E-state index contributed by atoms with van der Waals surface area (Å²) in [6.07, 6.45) is 0. The summed E-state index contributed by atoms with van der Waals surface area (Å²) in [5.74, 6) is 0.0758. The molecule has 56 valence electrons. The Labute approximate surface area is 85.3 Å². The lowest BCUT2D eigenvalue weighted by molar-refractivity contribution is 0.853. The fourth-order valence-electron chi connectivity index (χ4n) is 0.311. The summed E-state index contributed by atoms with van der Waals surface area (Å²) in [5.41, 5.74) is 0. The van der Waals surface area contributed by atoms with Gasteiger partial charge in [-0.2, -0.15) is 0 Å². The summed E-state index contributed by atoms with van der Waals surface area (Å²) in [7, 11) is 0. The van der Waals surface area contributed by atoms with Crippen LogP contribution in [0.4, 0.5) is 0 Å². The van der Waals surface area contributed by atoms with Crippen molar-refractivity contribution in [3.05, 3.63) is 5.82 Å². The predicted octanol–water partition coefficient (Wildman–Crippen LogP) is 1.70. The maximum absolute atomic E-state index is 5.42. The Morgan fingerprint density at radius 3 is 2.20 bits per heavy atom. The van der Waals surface area contributed by atoms with Gasteiger partial charge in [0, 0.05) is 0 Å².